The summed E-state index contributed by atoms with van der Waals surface area (Å²) >= 11 is 0. The maximum atomic E-state index is 2.41. The van der Waals surface area contributed by atoms with Crippen molar-refractivity contribution in [3.8, 4) is 0 Å². The molecule has 0 radical (unpaired) electrons. The number of benzene rings is 1. The average molecular weight is 214 g/mol. The zero-order valence-electron chi connectivity index (χ0n) is 10.4. The summed E-state index contributed by atoms with van der Waals surface area (Å²) in [5.41, 5.74) is 2.21. The number of hydrogen-bond donors (Lipinski definition) is 0. The van der Waals surface area contributed by atoms with Gasteiger partial charge in [0.25, 0.3) is 0 Å². The normalized spacial score (nSPS) is 37.2. The third-order valence-electron chi connectivity index (χ3n) is 5.02. The van der Waals surface area contributed by atoms with Crippen LogP contribution in [0.5, 0.6) is 0 Å². The second kappa shape index (κ2) is 3.61. The summed E-state index contributed by atoms with van der Waals surface area (Å²) in [6.45, 7) is 4.81. The van der Waals surface area contributed by atoms with Gasteiger partial charge in [-0.1, -0.05) is 50.6 Å². The van der Waals surface area contributed by atoms with Crippen molar-refractivity contribution in [1.82, 2.24) is 0 Å². The second-order valence-electron chi connectivity index (χ2n) is 6.13. The fraction of sp³-hybridized carbons (Fsp3) is 0.625. The maximum absolute atomic E-state index is 2.41. The lowest BCUT2D eigenvalue weighted by Gasteiger charge is -2.31. The molecule has 0 N–H and O–H groups in total. The summed E-state index contributed by atoms with van der Waals surface area (Å²) in [5, 5.41) is 0. The Kier molecular flexibility index (Phi) is 2.34. The molecule has 0 spiro atoms. The highest BCUT2D eigenvalue weighted by atomic mass is 14.6. The van der Waals surface area contributed by atoms with Crippen LogP contribution in [0.15, 0.2) is 30.3 Å². The SMILES string of the molecule is CC(C)[C@@H]1CCC[C@@]2(c3ccccc3)CC12. The van der Waals surface area contributed by atoms with Crippen LogP contribution in [0.2, 0.25) is 0 Å². The van der Waals surface area contributed by atoms with E-state index >= 15 is 0 Å². The molecule has 0 heteroatoms. The lowest BCUT2D eigenvalue weighted by Crippen LogP contribution is -2.24. The van der Waals surface area contributed by atoms with E-state index in [-0.39, 0.29) is 0 Å². The van der Waals surface area contributed by atoms with Gasteiger partial charge in [-0.15, -0.1) is 0 Å². The number of hydrogen-bond acceptors (Lipinski definition) is 0. The molecule has 0 heterocycles. The van der Waals surface area contributed by atoms with Crippen LogP contribution in [-0.2, 0) is 5.41 Å². The first-order chi connectivity index (χ1) is 7.74. The Balaban J connectivity index is 1.87. The molecule has 1 aromatic rings. The zero-order valence-corrected chi connectivity index (χ0v) is 10.4. The van der Waals surface area contributed by atoms with Crippen LogP contribution in [0.3, 0.4) is 0 Å². The predicted octanol–water partition coefficient (Wildman–Crippen LogP) is 4.40. The molecule has 16 heavy (non-hydrogen) atoms. The molecule has 2 fully saturated rings. The first kappa shape index (κ1) is 10.4. The van der Waals surface area contributed by atoms with Crippen molar-refractivity contribution >= 4 is 0 Å². The minimum atomic E-state index is 0.592. The van der Waals surface area contributed by atoms with Gasteiger partial charge in [0.15, 0.2) is 0 Å². The Bertz CT molecular complexity index is 365. The molecule has 1 aromatic carbocycles. The van der Waals surface area contributed by atoms with Crippen molar-refractivity contribution in [3.05, 3.63) is 35.9 Å². The second-order valence-corrected chi connectivity index (χ2v) is 6.13. The van der Waals surface area contributed by atoms with E-state index in [2.05, 4.69) is 44.2 Å². The van der Waals surface area contributed by atoms with Crippen LogP contribution in [-0.4, -0.2) is 0 Å². The van der Waals surface area contributed by atoms with E-state index in [4.69, 9.17) is 0 Å². The summed E-state index contributed by atoms with van der Waals surface area (Å²) in [5.74, 6) is 2.84. The quantitative estimate of drug-likeness (QED) is 0.684. The van der Waals surface area contributed by atoms with E-state index in [9.17, 15) is 0 Å². The van der Waals surface area contributed by atoms with Crippen molar-refractivity contribution < 1.29 is 0 Å². The molecule has 2 aliphatic rings. The van der Waals surface area contributed by atoms with Gasteiger partial charge in [-0.05, 0) is 48.0 Å². The molecular formula is C16H22. The first-order valence-electron chi connectivity index (χ1n) is 6.79. The highest BCUT2D eigenvalue weighted by Crippen LogP contribution is 2.65. The van der Waals surface area contributed by atoms with E-state index in [1.807, 2.05) is 0 Å². The third-order valence-corrected chi connectivity index (χ3v) is 5.02. The summed E-state index contributed by atoms with van der Waals surface area (Å²) in [6, 6.07) is 11.3. The first-order valence-corrected chi connectivity index (χ1v) is 6.79. The molecule has 3 atom stereocenters. The van der Waals surface area contributed by atoms with Crippen LogP contribution in [0.25, 0.3) is 0 Å². The van der Waals surface area contributed by atoms with Gasteiger partial charge in [0.05, 0.1) is 0 Å². The summed E-state index contributed by atoms with van der Waals surface area (Å²) in [4.78, 5) is 0. The zero-order chi connectivity index (χ0) is 11.2. The molecule has 86 valence electrons. The minimum absolute atomic E-state index is 0.592. The third kappa shape index (κ3) is 1.43. The lowest BCUT2D eigenvalue weighted by atomic mass is 9.74. The van der Waals surface area contributed by atoms with Gasteiger partial charge in [0.2, 0.25) is 0 Å². The van der Waals surface area contributed by atoms with E-state index in [1.165, 1.54) is 25.7 Å². The smallest absolute Gasteiger partial charge is 0.00126 e. The van der Waals surface area contributed by atoms with Crippen molar-refractivity contribution in [2.45, 2.75) is 44.9 Å². The Hall–Kier alpha value is -0.780. The molecule has 0 aromatic heterocycles. The molecule has 2 saturated carbocycles. The number of fused-ring (bicyclic) bond motifs is 1. The van der Waals surface area contributed by atoms with Gasteiger partial charge in [-0.3, -0.25) is 0 Å². The van der Waals surface area contributed by atoms with Gasteiger partial charge >= 0.3 is 0 Å². The summed E-state index contributed by atoms with van der Waals surface area (Å²) in [7, 11) is 0. The standard InChI is InChI=1S/C16H22/c1-12(2)14-9-6-10-16(11-15(14)16)13-7-4-3-5-8-13/h3-5,7-8,12,14-15H,6,9-11H2,1-2H3/t14-,15?,16-/m0/s1. The Morgan fingerprint density at radius 2 is 1.94 bits per heavy atom. The molecule has 0 saturated heterocycles. The van der Waals surface area contributed by atoms with Crippen LogP contribution in [0.4, 0.5) is 0 Å². The highest BCUT2D eigenvalue weighted by molar-refractivity contribution is 5.35. The predicted molar refractivity (Wildman–Crippen MR) is 68.4 cm³/mol. The minimum Gasteiger partial charge on any atom is -0.0625 e. The van der Waals surface area contributed by atoms with E-state index in [0.717, 1.165) is 17.8 Å². The van der Waals surface area contributed by atoms with Gasteiger partial charge in [0.1, 0.15) is 0 Å². The van der Waals surface area contributed by atoms with Crippen LogP contribution >= 0.6 is 0 Å². The van der Waals surface area contributed by atoms with Crippen LogP contribution in [0, 0.1) is 17.8 Å². The fourth-order valence-electron chi connectivity index (χ4n) is 4.08. The van der Waals surface area contributed by atoms with Gasteiger partial charge in [-0.25, -0.2) is 0 Å². The van der Waals surface area contributed by atoms with E-state index in [1.54, 1.807) is 5.56 Å². The van der Waals surface area contributed by atoms with Crippen molar-refractivity contribution in [2.75, 3.05) is 0 Å². The van der Waals surface area contributed by atoms with Gasteiger partial charge < -0.3 is 0 Å². The molecule has 0 amide bonds. The molecule has 0 nitrogen and oxygen atoms in total. The summed E-state index contributed by atoms with van der Waals surface area (Å²) < 4.78 is 0. The topological polar surface area (TPSA) is 0 Å². The molecule has 2 aliphatic carbocycles. The Labute approximate surface area is 99.1 Å². The largest absolute Gasteiger partial charge is 0.0625 e. The van der Waals surface area contributed by atoms with Crippen molar-refractivity contribution in [2.24, 2.45) is 17.8 Å². The summed E-state index contributed by atoms with van der Waals surface area (Å²) in [6.07, 6.45) is 5.80. The van der Waals surface area contributed by atoms with Gasteiger partial charge in [-0.2, -0.15) is 0 Å². The van der Waals surface area contributed by atoms with Crippen LogP contribution < -0.4 is 0 Å². The Morgan fingerprint density at radius 1 is 1.19 bits per heavy atom. The molecule has 3 rings (SSSR count). The Morgan fingerprint density at radius 3 is 2.62 bits per heavy atom. The van der Waals surface area contributed by atoms with E-state index in [0.29, 0.717) is 5.41 Å². The average Bonchev–Trinajstić information content (AvgIpc) is 3.05. The van der Waals surface area contributed by atoms with Crippen molar-refractivity contribution in [1.29, 1.82) is 0 Å². The molecule has 0 aliphatic heterocycles. The molecular weight excluding hydrogens is 192 g/mol. The number of rotatable bonds is 2. The highest BCUT2D eigenvalue weighted by Gasteiger charge is 2.59. The van der Waals surface area contributed by atoms with Gasteiger partial charge in [0, 0.05) is 0 Å². The van der Waals surface area contributed by atoms with Crippen LogP contribution in [0.1, 0.15) is 45.1 Å². The van der Waals surface area contributed by atoms with E-state index < -0.39 is 0 Å². The molecule has 0 bridgehead atoms. The monoisotopic (exact) mass is 214 g/mol. The van der Waals surface area contributed by atoms with Crippen molar-refractivity contribution in [3.63, 3.8) is 0 Å². The molecule has 1 unspecified atom stereocenters. The fourth-order valence-corrected chi connectivity index (χ4v) is 4.08. The lowest BCUT2D eigenvalue weighted by molar-refractivity contribution is 0.242. The maximum Gasteiger partial charge on any atom is -0.00126 e.